The van der Waals surface area contributed by atoms with Gasteiger partial charge in [0.2, 0.25) is 0 Å². The molecule has 39 heavy (non-hydrogen) atoms. The summed E-state index contributed by atoms with van der Waals surface area (Å²) in [5.41, 5.74) is 0.576. The molecule has 2 aliphatic rings. The second-order valence-electron chi connectivity index (χ2n) is 10.1. The van der Waals surface area contributed by atoms with Crippen molar-refractivity contribution in [1.29, 1.82) is 0 Å². The van der Waals surface area contributed by atoms with E-state index in [4.69, 9.17) is 11.6 Å². The van der Waals surface area contributed by atoms with Crippen molar-refractivity contribution in [3.63, 3.8) is 0 Å². The largest absolute Gasteiger partial charge is 0.396 e. The molecule has 0 spiro atoms. The molecule has 2 aliphatic heterocycles. The number of piperidine rings is 1. The Labute approximate surface area is 229 Å². The normalized spacial score (nSPS) is 19.4. The van der Waals surface area contributed by atoms with Gasteiger partial charge >= 0.3 is 6.18 Å². The van der Waals surface area contributed by atoms with Crippen molar-refractivity contribution in [1.82, 2.24) is 9.80 Å². The van der Waals surface area contributed by atoms with Crippen LogP contribution in [0.3, 0.4) is 0 Å². The van der Waals surface area contributed by atoms with Crippen LogP contribution in [0, 0.1) is 17.6 Å². The second kappa shape index (κ2) is 12.8. The number of rotatable bonds is 8. The van der Waals surface area contributed by atoms with Crippen LogP contribution in [0.25, 0.3) is 0 Å². The third-order valence-corrected chi connectivity index (χ3v) is 7.53. The number of hydrogen-bond donors (Lipinski definition) is 2. The van der Waals surface area contributed by atoms with E-state index in [0.717, 1.165) is 19.4 Å². The highest BCUT2D eigenvalue weighted by molar-refractivity contribution is 6.31. The van der Waals surface area contributed by atoms with E-state index in [0.29, 0.717) is 49.1 Å². The monoisotopic (exact) mass is 574 g/mol. The molecule has 0 unspecified atom stereocenters. The highest BCUT2D eigenvalue weighted by Gasteiger charge is 2.29. The van der Waals surface area contributed by atoms with Gasteiger partial charge in [-0.2, -0.15) is 13.2 Å². The zero-order chi connectivity index (χ0) is 28.2. The molecule has 0 saturated carbocycles. The topological polar surface area (TPSA) is 59.1 Å². The number of halogens is 6. The van der Waals surface area contributed by atoms with Crippen molar-refractivity contribution >= 4 is 28.9 Å². The van der Waals surface area contributed by atoms with E-state index in [2.05, 4.69) is 5.32 Å². The zero-order valence-corrected chi connectivity index (χ0v) is 22.2. The number of aliphatic hydroxyl groups is 1. The van der Waals surface area contributed by atoms with Crippen LogP contribution in [-0.4, -0.2) is 79.4 Å². The molecule has 2 aromatic rings. The average Bonchev–Trinajstić information content (AvgIpc) is 2.91. The number of amides is 1. The number of alkyl halides is 3. The molecule has 2 N–H and O–H groups in total. The van der Waals surface area contributed by atoms with E-state index in [1.165, 1.54) is 12.1 Å². The molecule has 2 saturated heterocycles. The number of aliphatic hydroxyl groups excluding tert-OH is 1. The van der Waals surface area contributed by atoms with Gasteiger partial charge in [-0.1, -0.05) is 17.7 Å². The van der Waals surface area contributed by atoms with Crippen molar-refractivity contribution in [3.8, 4) is 0 Å². The summed E-state index contributed by atoms with van der Waals surface area (Å²) in [5.74, 6) is -3.05. The van der Waals surface area contributed by atoms with Crippen LogP contribution < -0.4 is 10.2 Å². The lowest BCUT2D eigenvalue weighted by molar-refractivity contribution is -0.138. The average molecular weight is 575 g/mol. The minimum atomic E-state index is -4.22. The number of benzene rings is 2. The predicted octanol–water partition coefficient (Wildman–Crippen LogP) is 5.15. The third-order valence-electron chi connectivity index (χ3n) is 7.29. The van der Waals surface area contributed by atoms with Crippen molar-refractivity contribution in [2.75, 3.05) is 62.6 Å². The molecule has 1 atom stereocenters. The third kappa shape index (κ3) is 7.81. The lowest BCUT2D eigenvalue weighted by atomic mass is 9.98. The highest BCUT2D eigenvalue weighted by atomic mass is 35.5. The molecular formula is C27H32ClF5N4O2. The van der Waals surface area contributed by atoms with Crippen molar-refractivity contribution < 1.29 is 31.9 Å². The maximum Gasteiger partial charge on any atom is 0.390 e. The smallest absolute Gasteiger partial charge is 0.390 e. The summed E-state index contributed by atoms with van der Waals surface area (Å²) in [6.07, 6.45) is -3.34. The van der Waals surface area contributed by atoms with Gasteiger partial charge in [-0.25, -0.2) is 8.78 Å². The first-order chi connectivity index (χ1) is 18.5. The minimum Gasteiger partial charge on any atom is -0.396 e. The first kappa shape index (κ1) is 29.5. The first-order valence-electron chi connectivity index (χ1n) is 13.0. The Bertz CT molecular complexity index is 1160. The van der Waals surface area contributed by atoms with E-state index in [1.807, 2.05) is 9.80 Å². The fourth-order valence-electron chi connectivity index (χ4n) is 5.13. The van der Waals surface area contributed by atoms with Gasteiger partial charge in [-0.15, -0.1) is 0 Å². The molecule has 2 fully saturated rings. The quantitative estimate of drug-likeness (QED) is 0.427. The number of hydrogen-bond acceptors (Lipinski definition) is 5. The van der Waals surface area contributed by atoms with Gasteiger partial charge in [0.1, 0.15) is 0 Å². The maximum absolute atomic E-state index is 15.0. The molecule has 0 aliphatic carbocycles. The van der Waals surface area contributed by atoms with Gasteiger partial charge in [-0.3, -0.25) is 14.6 Å². The number of carbonyl (C=O) groups is 1. The van der Waals surface area contributed by atoms with Crippen LogP contribution in [0.4, 0.5) is 33.3 Å². The number of likely N-dealkylation sites (tertiary alicyclic amines) is 1. The fraction of sp³-hybridized carbons (Fsp3) is 0.519. The molecule has 1 amide bonds. The van der Waals surface area contributed by atoms with Gasteiger partial charge < -0.3 is 15.3 Å². The molecule has 0 bridgehead atoms. The van der Waals surface area contributed by atoms with Gasteiger partial charge in [0.05, 0.1) is 23.4 Å². The van der Waals surface area contributed by atoms with Crippen molar-refractivity contribution in [2.24, 2.45) is 5.92 Å². The van der Waals surface area contributed by atoms with Crippen LogP contribution in [-0.2, 0) is 6.54 Å². The Morgan fingerprint density at radius 3 is 2.46 bits per heavy atom. The molecule has 0 radical (unpaired) electrons. The van der Waals surface area contributed by atoms with Crippen molar-refractivity contribution in [3.05, 3.63) is 58.1 Å². The number of nitrogens with one attached hydrogen (secondary N) is 1. The number of piperazine rings is 1. The fourth-order valence-corrected chi connectivity index (χ4v) is 5.30. The maximum atomic E-state index is 15.0. The zero-order valence-electron chi connectivity index (χ0n) is 21.4. The molecular weight excluding hydrogens is 543 g/mol. The summed E-state index contributed by atoms with van der Waals surface area (Å²) in [7, 11) is 0. The minimum absolute atomic E-state index is 0.0485. The highest BCUT2D eigenvalue weighted by Crippen LogP contribution is 2.32. The molecule has 214 valence electrons. The lowest BCUT2D eigenvalue weighted by Gasteiger charge is -2.37. The SMILES string of the molecule is O=C(Nc1ccc(Cl)cc1N1CCN(CCC(F)(F)F)CC1)c1ccc(CN2CCC[C@@H](CO)C2)c(F)c1F. The van der Waals surface area contributed by atoms with Crippen LogP contribution in [0.15, 0.2) is 30.3 Å². The summed E-state index contributed by atoms with van der Waals surface area (Å²) in [5, 5.41) is 12.5. The van der Waals surface area contributed by atoms with Gasteiger partial charge in [0.25, 0.3) is 5.91 Å². The molecule has 2 heterocycles. The Hall–Kier alpha value is -2.47. The van der Waals surface area contributed by atoms with Crippen LogP contribution in [0.5, 0.6) is 0 Å². The first-order valence-corrected chi connectivity index (χ1v) is 13.4. The Balaban J connectivity index is 1.43. The van der Waals surface area contributed by atoms with Crippen LogP contribution in [0.2, 0.25) is 5.02 Å². The van der Waals surface area contributed by atoms with Crippen molar-refractivity contribution in [2.45, 2.75) is 32.0 Å². The summed E-state index contributed by atoms with van der Waals surface area (Å²) in [4.78, 5) is 18.6. The second-order valence-corrected chi connectivity index (χ2v) is 10.6. The van der Waals surface area contributed by atoms with Gasteiger partial charge in [0, 0.05) is 63.0 Å². The Kier molecular flexibility index (Phi) is 9.69. The van der Waals surface area contributed by atoms with E-state index in [1.54, 1.807) is 23.1 Å². The van der Waals surface area contributed by atoms with Gasteiger partial charge in [0.15, 0.2) is 11.6 Å². The van der Waals surface area contributed by atoms with Crippen LogP contribution >= 0.6 is 11.6 Å². The van der Waals surface area contributed by atoms with E-state index < -0.39 is 35.7 Å². The Morgan fingerprint density at radius 2 is 1.77 bits per heavy atom. The molecule has 2 aromatic carbocycles. The summed E-state index contributed by atoms with van der Waals surface area (Å²) < 4.78 is 67.7. The van der Waals surface area contributed by atoms with E-state index in [9.17, 15) is 27.5 Å². The Morgan fingerprint density at radius 1 is 1.03 bits per heavy atom. The molecule has 0 aromatic heterocycles. The lowest BCUT2D eigenvalue weighted by Crippen LogP contribution is -2.47. The summed E-state index contributed by atoms with van der Waals surface area (Å²) in [6.45, 7) is 3.06. The standard InChI is InChI=1S/C27H32ClF5N4O2/c28-20-4-6-22(23(14-20)37-12-10-35(11-13-37)9-7-27(31,32)33)34-26(39)21-5-3-19(24(29)25(21)30)16-36-8-1-2-18(15-36)17-38/h3-6,14,18,38H,1-2,7-13,15-17H2,(H,34,39)/t18-/m1/s1. The van der Waals surface area contributed by atoms with Gasteiger partial charge in [-0.05, 0) is 49.6 Å². The molecule has 6 nitrogen and oxygen atoms in total. The van der Waals surface area contributed by atoms with Crippen LogP contribution in [0.1, 0.15) is 35.2 Å². The predicted molar refractivity (Wildman–Crippen MR) is 140 cm³/mol. The number of nitrogens with zero attached hydrogens (tertiary/aromatic N) is 3. The molecule has 12 heteroatoms. The molecule has 4 rings (SSSR count). The van der Waals surface area contributed by atoms with E-state index >= 15 is 4.39 Å². The number of anilines is 2. The summed E-state index contributed by atoms with van der Waals surface area (Å²) >= 11 is 6.18. The number of carbonyl (C=O) groups excluding carboxylic acids is 1. The summed E-state index contributed by atoms with van der Waals surface area (Å²) in [6, 6.07) is 7.39. The van der Waals surface area contributed by atoms with E-state index in [-0.39, 0.29) is 31.2 Å².